The van der Waals surface area contributed by atoms with Gasteiger partial charge in [-0.1, -0.05) is 57.2 Å². The van der Waals surface area contributed by atoms with Crippen molar-refractivity contribution < 1.29 is 4.39 Å². The van der Waals surface area contributed by atoms with E-state index in [1.807, 2.05) is 36.7 Å². The summed E-state index contributed by atoms with van der Waals surface area (Å²) in [6.07, 6.45) is 3.65. The molecule has 0 N–H and O–H groups in total. The van der Waals surface area contributed by atoms with Gasteiger partial charge in [0, 0.05) is 32.0 Å². The minimum atomic E-state index is -0.197. The van der Waals surface area contributed by atoms with Crippen LogP contribution in [0.5, 0.6) is 0 Å². The molecule has 0 aliphatic heterocycles. The maximum atomic E-state index is 13.2. The fourth-order valence-corrected chi connectivity index (χ4v) is 3.13. The Balaban J connectivity index is 1.77. The van der Waals surface area contributed by atoms with Crippen molar-refractivity contribution in [2.24, 2.45) is 0 Å². The third-order valence-electron chi connectivity index (χ3n) is 4.70. The highest BCUT2D eigenvalue weighted by atomic mass is 19.1. The van der Waals surface area contributed by atoms with Crippen LogP contribution in [-0.2, 0) is 25.0 Å². The van der Waals surface area contributed by atoms with Gasteiger partial charge in [0.2, 0.25) is 0 Å². The zero-order chi connectivity index (χ0) is 19.3. The molecule has 3 heteroatoms. The summed E-state index contributed by atoms with van der Waals surface area (Å²) in [6.45, 7) is 9.11. The van der Waals surface area contributed by atoms with E-state index in [0.717, 1.165) is 25.2 Å². The SMILES string of the molecule is CC(C)(C)c1ccc(CN(Cc2ccncc2)Cc2ccc(F)cc2)cc1. The molecule has 0 amide bonds. The molecule has 0 fully saturated rings. The largest absolute Gasteiger partial charge is 0.291 e. The molecule has 2 aromatic carbocycles. The van der Waals surface area contributed by atoms with E-state index < -0.39 is 0 Å². The van der Waals surface area contributed by atoms with Gasteiger partial charge in [0.1, 0.15) is 5.82 Å². The van der Waals surface area contributed by atoms with Crippen LogP contribution < -0.4 is 0 Å². The van der Waals surface area contributed by atoms with E-state index in [1.54, 1.807) is 0 Å². The molecule has 1 aromatic heterocycles. The predicted molar refractivity (Wildman–Crippen MR) is 109 cm³/mol. The lowest BCUT2D eigenvalue weighted by atomic mass is 9.87. The number of pyridine rings is 1. The summed E-state index contributed by atoms with van der Waals surface area (Å²) in [7, 11) is 0. The summed E-state index contributed by atoms with van der Waals surface area (Å²) in [5, 5.41) is 0. The standard InChI is InChI=1S/C24H27FN2/c1-24(2,3)22-8-4-19(5-9-22)16-27(18-21-12-14-26-15-13-21)17-20-6-10-23(25)11-7-20/h4-15H,16-18H2,1-3H3. The molecule has 3 rings (SSSR count). The number of rotatable bonds is 6. The first kappa shape index (κ1) is 19.2. The van der Waals surface area contributed by atoms with Crippen LogP contribution in [0.15, 0.2) is 73.1 Å². The number of benzene rings is 2. The van der Waals surface area contributed by atoms with Crippen molar-refractivity contribution in [1.29, 1.82) is 0 Å². The molecule has 0 bridgehead atoms. The molecule has 27 heavy (non-hydrogen) atoms. The summed E-state index contributed by atoms with van der Waals surface area (Å²) in [5.74, 6) is -0.197. The summed E-state index contributed by atoms with van der Waals surface area (Å²) in [4.78, 5) is 6.47. The van der Waals surface area contributed by atoms with Crippen LogP contribution >= 0.6 is 0 Å². The molecule has 0 aliphatic rings. The fourth-order valence-electron chi connectivity index (χ4n) is 3.13. The molecule has 1 heterocycles. The topological polar surface area (TPSA) is 16.1 Å². The average Bonchev–Trinajstić information content (AvgIpc) is 2.64. The number of nitrogens with zero attached hydrogens (tertiary/aromatic N) is 2. The molecule has 0 spiro atoms. The lowest BCUT2D eigenvalue weighted by molar-refractivity contribution is 0.247. The van der Waals surface area contributed by atoms with Crippen LogP contribution in [0.3, 0.4) is 0 Å². The van der Waals surface area contributed by atoms with Crippen LogP contribution in [0.4, 0.5) is 4.39 Å². The fraction of sp³-hybridized carbons (Fsp3) is 0.292. The number of halogens is 1. The van der Waals surface area contributed by atoms with Gasteiger partial charge < -0.3 is 0 Å². The van der Waals surface area contributed by atoms with Crippen molar-refractivity contribution in [3.05, 3.63) is 101 Å². The Kier molecular flexibility index (Phi) is 6.02. The van der Waals surface area contributed by atoms with Gasteiger partial charge in [-0.15, -0.1) is 0 Å². The van der Waals surface area contributed by atoms with Crippen molar-refractivity contribution in [2.45, 2.75) is 45.8 Å². The second-order valence-electron chi connectivity index (χ2n) is 8.07. The van der Waals surface area contributed by atoms with Crippen molar-refractivity contribution in [3.63, 3.8) is 0 Å². The summed E-state index contributed by atoms with van der Waals surface area (Å²) >= 11 is 0. The summed E-state index contributed by atoms with van der Waals surface area (Å²) in [5.41, 5.74) is 5.10. The van der Waals surface area contributed by atoms with Gasteiger partial charge in [-0.3, -0.25) is 9.88 Å². The highest BCUT2D eigenvalue weighted by Gasteiger charge is 2.14. The van der Waals surface area contributed by atoms with Gasteiger partial charge in [0.15, 0.2) is 0 Å². The Morgan fingerprint density at radius 3 is 1.63 bits per heavy atom. The summed E-state index contributed by atoms with van der Waals surface area (Å²) in [6, 6.07) is 19.7. The summed E-state index contributed by atoms with van der Waals surface area (Å²) < 4.78 is 13.2. The van der Waals surface area contributed by atoms with E-state index in [2.05, 4.69) is 54.9 Å². The molecule has 3 aromatic rings. The lowest BCUT2D eigenvalue weighted by Gasteiger charge is -2.24. The first-order valence-corrected chi connectivity index (χ1v) is 9.35. The van der Waals surface area contributed by atoms with Crippen molar-refractivity contribution in [3.8, 4) is 0 Å². The molecule has 0 atom stereocenters. The van der Waals surface area contributed by atoms with E-state index in [9.17, 15) is 4.39 Å². The Hall–Kier alpha value is -2.52. The number of aromatic nitrogens is 1. The van der Waals surface area contributed by atoms with E-state index in [-0.39, 0.29) is 11.2 Å². The number of hydrogen-bond acceptors (Lipinski definition) is 2. The van der Waals surface area contributed by atoms with Crippen LogP contribution in [-0.4, -0.2) is 9.88 Å². The van der Waals surface area contributed by atoms with Gasteiger partial charge in [-0.2, -0.15) is 0 Å². The monoisotopic (exact) mass is 362 g/mol. The lowest BCUT2D eigenvalue weighted by Crippen LogP contribution is -2.22. The molecular formula is C24H27FN2. The number of hydrogen-bond donors (Lipinski definition) is 0. The van der Waals surface area contributed by atoms with Crippen LogP contribution in [0.2, 0.25) is 0 Å². The third kappa shape index (κ3) is 5.73. The molecule has 0 aliphatic carbocycles. The van der Waals surface area contributed by atoms with Gasteiger partial charge >= 0.3 is 0 Å². The molecule has 140 valence electrons. The molecule has 0 saturated heterocycles. The van der Waals surface area contributed by atoms with Crippen LogP contribution in [0.25, 0.3) is 0 Å². The van der Waals surface area contributed by atoms with E-state index >= 15 is 0 Å². The van der Waals surface area contributed by atoms with Crippen molar-refractivity contribution in [2.75, 3.05) is 0 Å². The van der Waals surface area contributed by atoms with Crippen molar-refractivity contribution >= 4 is 0 Å². The zero-order valence-corrected chi connectivity index (χ0v) is 16.3. The normalized spacial score (nSPS) is 11.7. The maximum Gasteiger partial charge on any atom is 0.123 e. The second kappa shape index (κ2) is 8.45. The molecule has 0 unspecified atom stereocenters. The van der Waals surface area contributed by atoms with Crippen molar-refractivity contribution in [1.82, 2.24) is 9.88 Å². The average molecular weight is 362 g/mol. The Labute approximate surface area is 161 Å². The molecule has 2 nitrogen and oxygen atoms in total. The first-order chi connectivity index (χ1) is 12.9. The van der Waals surface area contributed by atoms with E-state index in [0.29, 0.717) is 0 Å². The van der Waals surface area contributed by atoms with Crippen LogP contribution in [0, 0.1) is 5.82 Å². The molecule has 0 saturated carbocycles. The minimum Gasteiger partial charge on any atom is -0.291 e. The van der Waals surface area contributed by atoms with E-state index in [1.165, 1.54) is 28.8 Å². The third-order valence-corrected chi connectivity index (χ3v) is 4.70. The Morgan fingerprint density at radius 1 is 0.704 bits per heavy atom. The van der Waals surface area contributed by atoms with Crippen LogP contribution in [0.1, 0.15) is 43.0 Å². The predicted octanol–water partition coefficient (Wildman–Crippen LogP) is 5.72. The van der Waals surface area contributed by atoms with Gasteiger partial charge in [-0.05, 0) is 51.9 Å². The van der Waals surface area contributed by atoms with Gasteiger partial charge in [0.25, 0.3) is 0 Å². The smallest absolute Gasteiger partial charge is 0.123 e. The van der Waals surface area contributed by atoms with Gasteiger partial charge in [0.05, 0.1) is 0 Å². The highest BCUT2D eigenvalue weighted by molar-refractivity contribution is 5.28. The first-order valence-electron chi connectivity index (χ1n) is 9.35. The van der Waals surface area contributed by atoms with Gasteiger partial charge in [-0.25, -0.2) is 4.39 Å². The highest BCUT2D eigenvalue weighted by Crippen LogP contribution is 2.23. The zero-order valence-electron chi connectivity index (χ0n) is 16.3. The minimum absolute atomic E-state index is 0.156. The molecule has 0 radical (unpaired) electrons. The maximum absolute atomic E-state index is 13.2. The van der Waals surface area contributed by atoms with E-state index in [4.69, 9.17) is 0 Å². The Bertz CT molecular complexity index is 834. The molecular weight excluding hydrogens is 335 g/mol. The quantitative estimate of drug-likeness (QED) is 0.557. The second-order valence-corrected chi connectivity index (χ2v) is 8.07. The Morgan fingerprint density at radius 2 is 1.15 bits per heavy atom.